The van der Waals surface area contributed by atoms with E-state index in [1.807, 2.05) is 18.2 Å². The van der Waals surface area contributed by atoms with Crippen LogP contribution in [0.25, 0.3) is 0 Å². The van der Waals surface area contributed by atoms with Crippen molar-refractivity contribution in [2.45, 2.75) is 31.7 Å². The van der Waals surface area contributed by atoms with Crippen molar-refractivity contribution < 1.29 is 14.3 Å². The SMILES string of the molecule is CCNC1COCC1C(=O)CC1CCOc2ccccc21. The van der Waals surface area contributed by atoms with E-state index in [2.05, 4.69) is 18.3 Å². The van der Waals surface area contributed by atoms with Crippen LogP contribution in [0.5, 0.6) is 5.75 Å². The fourth-order valence-electron chi connectivity index (χ4n) is 3.36. The van der Waals surface area contributed by atoms with E-state index in [0.29, 0.717) is 32.0 Å². The second-order valence-electron chi connectivity index (χ2n) is 5.85. The highest BCUT2D eigenvalue weighted by atomic mass is 16.5. The Hall–Kier alpha value is -1.39. The van der Waals surface area contributed by atoms with Crippen LogP contribution in [0, 0.1) is 5.92 Å². The van der Waals surface area contributed by atoms with E-state index >= 15 is 0 Å². The van der Waals surface area contributed by atoms with Crippen LogP contribution in [0.2, 0.25) is 0 Å². The van der Waals surface area contributed by atoms with Gasteiger partial charge in [-0.15, -0.1) is 0 Å². The van der Waals surface area contributed by atoms with Crippen LogP contribution < -0.4 is 10.1 Å². The molecule has 0 radical (unpaired) electrons. The second kappa shape index (κ2) is 6.58. The maximum Gasteiger partial charge on any atom is 0.140 e. The number of ether oxygens (including phenoxy) is 2. The van der Waals surface area contributed by atoms with Crippen LogP contribution in [0.1, 0.15) is 31.2 Å². The minimum atomic E-state index is -0.0000397. The Morgan fingerprint density at radius 1 is 1.33 bits per heavy atom. The van der Waals surface area contributed by atoms with E-state index in [4.69, 9.17) is 9.47 Å². The number of fused-ring (bicyclic) bond motifs is 1. The first-order chi connectivity index (χ1) is 10.3. The molecule has 4 heteroatoms. The quantitative estimate of drug-likeness (QED) is 0.902. The highest BCUT2D eigenvalue weighted by Gasteiger charge is 2.35. The number of likely N-dealkylation sites (N-methyl/N-ethyl adjacent to an activating group) is 1. The molecule has 2 aliphatic rings. The lowest BCUT2D eigenvalue weighted by Crippen LogP contribution is -2.39. The summed E-state index contributed by atoms with van der Waals surface area (Å²) in [5, 5.41) is 3.36. The summed E-state index contributed by atoms with van der Waals surface area (Å²) < 4.78 is 11.2. The molecule has 1 saturated heterocycles. The predicted molar refractivity (Wildman–Crippen MR) is 80.7 cm³/mol. The molecular formula is C17H23NO3. The topological polar surface area (TPSA) is 47.6 Å². The molecule has 0 bridgehead atoms. The zero-order valence-corrected chi connectivity index (χ0v) is 12.5. The van der Waals surface area contributed by atoms with Gasteiger partial charge in [0, 0.05) is 12.5 Å². The third-order valence-electron chi connectivity index (χ3n) is 4.49. The van der Waals surface area contributed by atoms with Crippen LogP contribution in [0.15, 0.2) is 24.3 Å². The van der Waals surface area contributed by atoms with Crippen molar-refractivity contribution in [1.82, 2.24) is 5.32 Å². The summed E-state index contributed by atoms with van der Waals surface area (Å²) in [6.07, 6.45) is 1.51. The van der Waals surface area contributed by atoms with Crippen molar-refractivity contribution in [3.63, 3.8) is 0 Å². The van der Waals surface area contributed by atoms with E-state index < -0.39 is 0 Å². The molecule has 2 heterocycles. The summed E-state index contributed by atoms with van der Waals surface area (Å²) in [5.41, 5.74) is 1.18. The van der Waals surface area contributed by atoms with Crippen LogP contribution in [0.3, 0.4) is 0 Å². The summed E-state index contributed by atoms with van der Waals surface area (Å²) in [6, 6.07) is 8.25. The normalized spacial score (nSPS) is 28.0. The number of hydrogen-bond acceptors (Lipinski definition) is 4. The van der Waals surface area contributed by atoms with E-state index in [0.717, 1.165) is 18.7 Å². The molecular weight excluding hydrogens is 266 g/mol. The molecule has 4 nitrogen and oxygen atoms in total. The average Bonchev–Trinajstić information content (AvgIpc) is 2.96. The smallest absolute Gasteiger partial charge is 0.140 e. The Morgan fingerprint density at radius 3 is 3.05 bits per heavy atom. The zero-order valence-electron chi connectivity index (χ0n) is 12.5. The number of ketones is 1. The van der Waals surface area contributed by atoms with Crippen molar-refractivity contribution in [3.8, 4) is 5.75 Å². The molecule has 3 unspecified atom stereocenters. The number of Topliss-reactive ketones (excluding diaryl/α,β-unsaturated/α-hetero) is 1. The van der Waals surface area contributed by atoms with Crippen LogP contribution in [-0.2, 0) is 9.53 Å². The minimum Gasteiger partial charge on any atom is -0.493 e. The van der Waals surface area contributed by atoms with Gasteiger partial charge in [0.15, 0.2) is 0 Å². The lowest BCUT2D eigenvalue weighted by atomic mass is 9.84. The number of carbonyl (C=O) groups is 1. The molecule has 0 aliphatic carbocycles. The van der Waals surface area contributed by atoms with Gasteiger partial charge in [-0.1, -0.05) is 25.1 Å². The molecule has 1 N–H and O–H groups in total. The molecule has 0 saturated carbocycles. The molecule has 0 aromatic heterocycles. The number of rotatable bonds is 5. The summed E-state index contributed by atoms with van der Waals surface area (Å²) >= 11 is 0. The van der Waals surface area contributed by atoms with Crippen molar-refractivity contribution in [1.29, 1.82) is 0 Å². The monoisotopic (exact) mass is 289 g/mol. The molecule has 1 aromatic rings. The lowest BCUT2D eigenvalue weighted by Gasteiger charge is -2.27. The standard InChI is InChI=1S/C17H23NO3/c1-2-18-15-11-20-10-14(15)16(19)9-12-7-8-21-17-6-4-3-5-13(12)17/h3-6,12,14-15,18H,2,7-11H2,1H3. The van der Waals surface area contributed by atoms with Crippen molar-refractivity contribution in [2.24, 2.45) is 5.92 Å². The van der Waals surface area contributed by atoms with Gasteiger partial charge in [-0.3, -0.25) is 4.79 Å². The van der Waals surface area contributed by atoms with Gasteiger partial charge in [-0.25, -0.2) is 0 Å². The number of carbonyl (C=O) groups excluding carboxylic acids is 1. The number of hydrogen-bond donors (Lipinski definition) is 1. The first-order valence-corrected chi connectivity index (χ1v) is 7.85. The molecule has 2 aliphatic heterocycles. The maximum absolute atomic E-state index is 12.6. The molecule has 3 rings (SSSR count). The van der Waals surface area contributed by atoms with Gasteiger partial charge >= 0.3 is 0 Å². The fourth-order valence-corrected chi connectivity index (χ4v) is 3.36. The van der Waals surface area contributed by atoms with Gasteiger partial charge in [0.05, 0.1) is 25.7 Å². The van der Waals surface area contributed by atoms with E-state index in [9.17, 15) is 4.79 Å². The summed E-state index contributed by atoms with van der Waals surface area (Å²) in [6.45, 7) is 4.84. The maximum atomic E-state index is 12.6. The second-order valence-corrected chi connectivity index (χ2v) is 5.85. The Labute approximate surface area is 125 Å². The minimum absolute atomic E-state index is 0.0000397. The molecule has 0 spiro atoms. The Kier molecular flexibility index (Phi) is 4.56. The van der Waals surface area contributed by atoms with Crippen molar-refractivity contribution in [3.05, 3.63) is 29.8 Å². The molecule has 1 fully saturated rings. The Morgan fingerprint density at radius 2 is 2.19 bits per heavy atom. The largest absolute Gasteiger partial charge is 0.493 e. The van der Waals surface area contributed by atoms with E-state index in [-0.39, 0.29) is 17.9 Å². The third-order valence-corrected chi connectivity index (χ3v) is 4.49. The fraction of sp³-hybridized carbons (Fsp3) is 0.588. The molecule has 1 aromatic carbocycles. The number of benzene rings is 1. The van der Waals surface area contributed by atoms with E-state index in [1.54, 1.807) is 0 Å². The Bertz CT molecular complexity index is 503. The van der Waals surface area contributed by atoms with Gasteiger partial charge in [0.1, 0.15) is 11.5 Å². The molecule has 0 amide bonds. The molecule has 114 valence electrons. The van der Waals surface area contributed by atoms with Gasteiger partial charge in [0.2, 0.25) is 0 Å². The molecule has 3 atom stereocenters. The van der Waals surface area contributed by atoms with Crippen molar-refractivity contribution in [2.75, 3.05) is 26.4 Å². The summed E-state index contributed by atoms with van der Waals surface area (Å²) in [5.74, 6) is 1.54. The van der Waals surface area contributed by atoms with Gasteiger partial charge in [-0.2, -0.15) is 0 Å². The summed E-state index contributed by atoms with van der Waals surface area (Å²) in [7, 11) is 0. The summed E-state index contributed by atoms with van der Waals surface area (Å²) in [4.78, 5) is 12.6. The lowest BCUT2D eigenvalue weighted by molar-refractivity contribution is -0.123. The van der Waals surface area contributed by atoms with E-state index in [1.165, 1.54) is 5.56 Å². The van der Waals surface area contributed by atoms with Crippen LogP contribution in [0.4, 0.5) is 0 Å². The van der Waals surface area contributed by atoms with Crippen LogP contribution >= 0.6 is 0 Å². The van der Waals surface area contributed by atoms with Crippen molar-refractivity contribution >= 4 is 5.78 Å². The van der Waals surface area contributed by atoms with Gasteiger partial charge < -0.3 is 14.8 Å². The number of nitrogens with one attached hydrogen (secondary N) is 1. The van der Waals surface area contributed by atoms with Gasteiger partial charge in [0.25, 0.3) is 0 Å². The first-order valence-electron chi connectivity index (χ1n) is 7.85. The average molecular weight is 289 g/mol. The third kappa shape index (κ3) is 3.11. The first kappa shape index (κ1) is 14.5. The number of para-hydroxylation sites is 1. The highest BCUT2D eigenvalue weighted by molar-refractivity contribution is 5.83. The predicted octanol–water partition coefficient (Wildman–Crippen LogP) is 2.14. The molecule has 21 heavy (non-hydrogen) atoms. The van der Waals surface area contributed by atoms with Crippen LogP contribution in [-0.4, -0.2) is 38.2 Å². The highest BCUT2D eigenvalue weighted by Crippen LogP contribution is 2.36. The Balaban J connectivity index is 1.68. The van der Waals surface area contributed by atoms with Gasteiger partial charge in [-0.05, 0) is 30.5 Å². The zero-order chi connectivity index (χ0) is 14.7.